The minimum absolute atomic E-state index is 0. The van der Waals surface area contributed by atoms with Crippen molar-refractivity contribution < 1.29 is 24.5 Å². The van der Waals surface area contributed by atoms with E-state index in [1.807, 2.05) is 49.4 Å². The molecule has 4 heterocycles. The zero-order valence-corrected chi connectivity index (χ0v) is 32.8. The minimum Gasteiger partial charge on any atom is -0.486 e. The molecule has 48 heavy (non-hydrogen) atoms. The summed E-state index contributed by atoms with van der Waals surface area (Å²) in [6, 6.07) is 31.7. The second-order valence-corrected chi connectivity index (χ2v) is 19.2. The van der Waals surface area contributed by atoms with Gasteiger partial charge in [-0.1, -0.05) is 75.1 Å². The van der Waals surface area contributed by atoms with E-state index in [-0.39, 0.29) is 26.1 Å². The van der Waals surface area contributed by atoms with E-state index in [1.165, 1.54) is 10.8 Å². The predicted octanol–water partition coefficient (Wildman–Crippen LogP) is 10.3. The number of pyridine rings is 2. The molecular formula is C41H44IrN4OSi-2. The quantitative estimate of drug-likeness (QED) is 0.124. The third kappa shape index (κ3) is 7.10. The molecule has 0 spiro atoms. The largest absolute Gasteiger partial charge is 0.486 e. The van der Waals surface area contributed by atoms with Gasteiger partial charge in [0.25, 0.3) is 0 Å². The van der Waals surface area contributed by atoms with Crippen molar-refractivity contribution in [3.05, 3.63) is 108 Å². The van der Waals surface area contributed by atoms with Gasteiger partial charge < -0.3 is 14.0 Å². The number of nitrogens with zero attached hydrogens (tertiary/aromatic N) is 4. The van der Waals surface area contributed by atoms with Crippen LogP contribution in [0.2, 0.25) is 19.6 Å². The molecule has 0 bridgehead atoms. The van der Waals surface area contributed by atoms with E-state index < -0.39 is 8.07 Å². The maximum absolute atomic E-state index is 6.23. The maximum Gasteiger partial charge on any atom is 0.216 e. The Labute approximate surface area is 299 Å². The molecule has 3 aromatic carbocycles. The molecule has 0 unspecified atom stereocenters. The second-order valence-electron chi connectivity index (χ2n) is 14.2. The molecule has 5 nitrogen and oxygen atoms in total. The van der Waals surface area contributed by atoms with Gasteiger partial charge in [-0.05, 0) is 68.3 Å². The first-order chi connectivity index (χ1) is 22.4. The van der Waals surface area contributed by atoms with Crippen LogP contribution in [-0.2, 0) is 26.5 Å². The van der Waals surface area contributed by atoms with E-state index >= 15 is 0 Å². The van der Waals surface area contributed by atoms with Crippen LogP contribution in [0.15, 0.2) is 83.4 Å². The van der Waals surface area contributed by atoms with Crippen LogP contribution < -0.4 is 5.19 Å². The first kappa shape index (κ1) is 35.4. The van der Waals surface area contributed by atoms with E-state index in [2.05, 4.69) is 117 Å². The van der Waals surface area contributed by atoms with Crippen molar-refractivity contribution in [2.45, 2.75) is 73.6 Å². The zero-order valence-electron chi connectivity index (χ0n) is 29.4. The van der Waals surface area contributed by atoms with Crippen molar-refractivity contribution >= 4 is 46.4 Å². The molecule has 0 N–H and O–H groups in total. The Kier molecular flexibility index (Phi) is 10.5. The van der Waals surface area contributed by atoms with Crippen LogP contribution >= 0.6 is 0 Å². The molecule has 0 saturated heterocycles. The van der Waals surface area contributed by atoms with E-state index in [9.17, 15) is 0 Å². The normalized spacial score (nSPS) is 11.7. The van der Waals surface area contributed by atoms with Crippen LogP contribution in [0.3, 0.4) is 0 Å². The average Bonchev–Trinajstić information content (AvgIpc) is 3.60. The fraction of sp³-hybridized carbons (Fsp3) is 0.293. The Balaban J connectivity index is 0.000000193. The number of benzene rings is 3. The van der Waals surface area contributed by atoms with Crippen LogP contribution in [0.25, 0.3) is 55.7 Å². The number of aryl methyl sites for hydroxylation is 2. The fourth-order valence-corrected chi connectivity index (χ4v) is 7.94. The Morgan fingerprint density at radius 3 is 2.33 bits per heavy atom. The second kappa shape index (κ2) is 14.3. The van der Waals surface area contributed by atoms with Crippen molar-refractivity contribution in [1.29, 1.82) is 0 Å². The molecule has 0 aliphatic heterocycles. The molecule has 0 aliphatic rings. The van der Waals surface area contributed by atoms with Crippen molar-refractivity contribution in [1.82, 2.24) is 19.5 Å². The zero-order chi connectivity index (χ0) is 33.5. The van der Waals surface area contributed by atoms with Gasteiger partial charge in [0.05, 0.1) is 30.5 Å². The number of rotatable bonds is 6. The monoisotopic (exact) mass is 829 g/mol. The maximum atomic E-state index is 6.23. The number of aromatic nitrogens is 4. The molecule has 0 saturated carbocycles. The molecule has 0 aliphatic carbocycles. The van der Waals surface area contributed by atoms with Gasteiger partial charge in [0.2, 0.25) is 5.71 Å². The van der Waals surface area contributed by atoms with Crippen LogP contribution in [-0.4, -0.2) is 27.6 Å². The summed E-state index contributed by atoms with van der Waals surface area (Å²) < 4.78 is 8.49. The Hall–Kier alpha value is -3.90. The summed E-state index contributed by atoms with van der Waals surface area (Å²) in [5.41, 5.74) is 10.1. The molecule has 0 atom stereocenters. The number of hydrogen-bond donors (Lipinski definition) is 0. The standard InChI is InChI=1S/C23H20N3O.C18H24NSi.Ir/c1-13(2)26-19-8-6-5-7-18(19)25-22(26)17-11-9-14(3)20-16-12-10-15(4)24-23(16)27-21(17)20;1-14(2)11-16-12-17(15-9-7-6-8-10-15)19-13-18(16)20(3,4)5;/h5-10,12-13H,1-4H3;6-9,12-14H,11H2,1-5H3;/q2*-1;. The summed E-state index contributed by atoms with van der Waals surface area (Å²) in [4.78, 5) is 14.2. The summed E-state index contributed by atoms with van der Waals surface area (Å²) in [5, 5.41) is 3.62. The smallest absolute Gasteiger partial charge is 0.216 e. The Morgan fingerprint density at radius 2 is 1.65 bits per heavy atom. The van der Waals surface area contributed by atoms with Crippen LogP contribution in [0.5, 0.6) is 0 Å². The molecule has 249 valence electrons. The van der Waals surface area contributed by atoms with Crippen LogP contribution in [0, 0.1) is 31.9 Å². The number of furan rings is 1. The van der Waals surface area contributed by atoms with Crippen LogP contribution in [0.1, 0.15) is 50.6 Å². The summed E-state index contributed by atoms with van der Waals surface area (Å²) in [5.74, 6) is 1.55. The third-order valence-electron chi connectivity index (χ3n) is 8.50. The SMILES string of the molecule is CC(C)Cc1cc(-c2[c-]cccc2)ncc1[Si](C)(C)C.Cc1ccc2c(n1)oc1c(-c3nc4ccccc4n3C(C)C)[c-]cc(C)c12.[Ir]. The summed E-state index contributed by atoms with van der Waals surface area (Å²) >= 11 is 0. The third-order valence-corrected chi connectivity index (χ3v) is 10.6. The summed E-state index contributed by atoms with van der Waals surface area (Å²) in [6.07, 6.45) is 3.24. The number of hydrogen-bond acceptors (Lipinski definition) is 4. The van der Waals surface area contributed by atoms with Gasteiger partial charge in [0.1, 0.15) is 0 Å². The molecule has 4 aromatic heterocycles. The molecule has 7 rings (SSSR count). The van der Waals surface area contributed by atoms with Gasteiger partial charge in [-0.15, -0.1) is 53.6 Å². The van der Waals surface area contributed by atoms with E-state index in [0.29, 0.717) is 11.6 Å². The number of para-hydroxylation sites is 2. The number of fused-ring (bicyclic) bond motifs is 4. The molecule has 0 amide bonds. The average molecular weight is 829 g/mol. The van der Waals surface area contributed by atoms with Gasteiger partial charge in [0.15, 0.2) is 0 Å². The minimum atomic E-state index is -1.34. The Morgan fingerprint density at radius 1 is 0.896 bits per heavy atom. The fourth-order valence-electron chi connectivity index (χ4n) is 6.35. The molecule has 7 heteroatoms. The number of imidazole rings is 1. The summed E-state index contributed by atoms with van der Waals surface area (Å²) in [6.45, 7) is 20.1. The van der Waals surface area contributed by atoms with Gasteiger partial charge in [-0.3, -0.25) is 4.98 Å². The predicted molar refractivity (Wildman–Crippen MR) is 199 cm³/mol. The summed E-state index contributed by atoms with van der Waals surface area (Å²) in [7, 11) is -1.34. The Bertz CT molecular complexity index is 2190. The topological polar surface area (TPSA) is 56.7 Å². The van der Waals surface area contributed by atoms with Crippen molar-refractivity contribution in [2.24, 2.45) is 5.92 Å². The van der Waals surface area contributed by atoms with Crippen molar-refractivity contribution in [3.8, 4) is 22.6 Å². The molecule has 1 radical (unpaired) electrons. The van der Waals surface area contributed by atoms with Gasteiger partial charge >= 0.3 is 0 Å². The van der Waals surface area contributed by atoms with Crippen molar-refractivity contribution in [2.75, 3.05) is 0 Å². The molecule has 7 aromatic rings. The van der Waals surface area contributed by atoms with Gasteiger partial charge in [-0.25, -0.2) is 4.98 Å². The first-order valence-electron chi connectivity index (χ1n) is 16.6. The van der Waals surface area contributed by atoms with E-state index in [4.69, 9.17) is 9.40 Å². The molecular weight excluding hydrogens is 785 g/mol. The van der Waals surface area contributed by atoms with E-state index in [1.54, 1.807) is 0 Å². The van der Waals surface area contributed by atoms with E-state index in [0.717, 1.165) is 67.7 Å². The first-order valence-corrected chi connectivity index (χ1v) is 20.1. The molecule has 0 fully saturated rings. The van der Waals surface area contributed by atoms with Gasteiger partial charge in [-0.2, -0.15) is 0 Å². The van der Waals surface area contributed by atoms with Crippen LogP contribution in [0.4, 0.5) is 0 Å². The van der Waals surface area contributed by atoms with Gasteiger partial charge in [0, 0.05) is 43.4 Å². The van der Waals surface area contributed by atoms with Crippen molar-refractivity contribution in [3.63, 3.8) is 0 Å².